The summed E-state index contributed by atoms with van der Waals surface area (Å²) in [7, 11) is 0. The molecule has 0 spiro atoms. The highest BCUT2D eigenvalue weighted by atomic mass is 16.6. The minimum atomic E-state index is -0.764. The van der Waals surface area contributed by atoms with E-state index in [1.54, 1.807) is 0 Å². The first-order valence-corrected chi connectivity index (χ1v) is 33.3. The predicted molar refractivity (Wildman–Crippen MR) is 316 cm³/mol. The molecule has 6 heteroatoms. The lowest BCUT2D eigenvalue weighted by Crippen LogP contribution is -2.30. The minimum Gasteiger partial charge on any atom is -0.462 e. The van der Waals surface area contributed by atoms with Crippen LogP contribution in [0.3, 0.4) is 0 Å². The Labute approximate surface area is 457 Å². The summed E-state index contributed by atoms with van der Waals surface area (Å²) < 4.78 is 17.0. The lowest BCUT2D eigenvalue weighted by atomic mass is 9.99. The molecule has 0 amide bonds. The first-order chi connectivity index (χ1) is 35.8. The average Bonchev–Trinajstić information content (AvgIpc) is 3.38. The standard InChI is InChI=1S/C67H130O6/c1-6-8-9-10-11-12-13-14-15-18-22-27-32-37-42-47-52-57-65(68)71-60-64(61-72-66(69)58-53-48-43-38-33-29-24-25-30-35-40-45-50-55-62(3)4)73-67(70)59-54-49-44-39-34-28-23-20-17-16-19-21-26-31-36-41-46-51-56-63(5)7-2/h62-64H,6-61H2,1-5H3/t63?,64-/m0/s1. The Kier molecular flexibility index (Phi) is 58.4. The van der Waals surface area contributed by atoms with E-state index in [0.717, 1.165) is 69.6 Å². The van der Waals surface area contributed by atoms with Gasteiger partial charge in [-0.2, -0.15) is 0 Å². The Bertz CT molecular complexity index is 1120. The van der Waals surface area contributed by atoms with Crippen molar-refractivity contribution in [1.82, 2.24) is 0 Å². The zero-order valence-corrected chi connectivity index (χ0v) is 50.3. The zero-order chi connectivity index (χ0) is 53.2. The summed E-state index contributed by atoms with van der Waals surface area (Å²) in [5.74, 6) is 0.920. The lowest BCUT2D eigenvalue weighted by molar-refractivity contribution is -0.167. The number of carbonyl (C=O) groups is 3. The molecule has 0 heterocycles. The van der Waals surface area contributed by atoms with E-state index < -0.39 is 6.10 Å². The molecule has 0 aromatic carbocycles. The van der Waals surface area contributed by atoms with E-state index in [9.17, 15) is 14.4 Å². The fourth-order valence-electron chi connectivity index (χ4n) is 10.4. The minimum absolute atomic E-state index is 0.0616. The van der Waals surface area contributed by atoms with Crippen LogP contribution in [0.25, 0.3) is 0 Å². The van der Waals surface area contributed by atoms with Gasteiger partial charge >= 0.3 is 17.9 Å². The number of esters is 3. The van der Waals surface area contributed by atoms with Gasteiger partial charge < -0.3 is 14.2 Å². The van der Waals surface area contributed by atoms with E-state index in [-0.39, 0.29) is 31.1 Å². The first-order valence-electron chi connectivity index (χ1n) is 33.3. The van der Waals surface area contributed by atoms with Gasteiger partial charge in [0.2, 0.25) is 0 Å². The van der Waals surface area contributed by atoms with E-state index in [1.165, 1.54) is 270 Å². The van der Waals surface area contributed by atoms with Gasteiger partial charge in [-0.3, -0.25) is 14.4 Å². The largest absolute Gasteiger partial charge is 0.462 e. The summed E-state index contributed by atoms with van der Waals surface area (Å²) in [5.41, 5.74) is 0. The van der Waals surface area contributed by atoms with Crippen LogP contribution in [0.2, 0.25) is 0 Å². The molecule has 2 atom stereocenters. The molecule has 0 aliphatic rings. The predicted octanol–water partition coefficient (Wildman–Crippen LogP) is 22.4. The van der Waals surface area contributed by atoms with Gasteiger partial charge in [0.15, 0.2) is 6.10 Å². The van der Waals surface area contributed by atoms with Crippen LogP contribution in [0.4, 0.5) is 0 Å². The molecular formula is C67H130O6. The van der Waals surface area contributed by atoms with Crippen molar-refractivity contribution in [1.29, 1.82) is 0 Å². The third-order valence-electron chi connectivity index (χ3n) is 15.8. The smallest absolute Gasteiger partial charge is 0.306 e. The molecular weight excluding hydrogens is 901 g/mol. The van der Waals surface area contributed by atoms with Crippen LogP contribution in [0.1, 0.15) is 381 Å². The molecule has 1 unspecified atom stereocenters. The van der Waals surface area contributed by atoms with Crippen LogP contribution >= 0.6 is 0 Å². The molecule has 0 aromatic heterocycles. The van der Waals surface area contributed by atoms with Gasteiger partial charge in [-0.25, -0.2) is 0 Å². The van der Waals surface area contributed by atoms with Crippen molar-refractivity contribution in [2.24, 2.45) is 11.8 Å². The maximum atomic E-state index is 12.9. The Balaban J connectivity index is 4.27. The van der Waals surface area contributed by atoms with Crippen LogP contribution in [0.5, 0.6) is 0 Å². The molecule has 0 aliphatic carbocycles. The third-order valence-corrected chi connectivity index (χ3v) is 15.8. The van der Waals surface area contributed by atoms with Crippen LogP contribution in [-0.2, 0) is 28.6 Å². The summed E-state index contributed by atoms with van der Waals surface area (Å²) in [6.45, 7) is 11.5. The molecule has 0 rings (SSSR count). The molecule has 0 aromatic rings. The van der Waals surface area contributed by atoms with Crippen LogP contribution in [0.15, 0.2) is 0 Å². The summed E-state index contributed by atoms with van der Waals surface area (Å²) in [6.07, 6.45) is 66.7. The van der Waals surface area contributed by atoms with Gasteiger partial charge in [-0.1, -0.05) is 343 Å². The zero-order valence-electron chi connectivity index (χ0n) is 50.3. The van der Waals surface area contributed by atoms with Crippen molar-refractivity contribution in [2.45, 2.75) is 387 Å². The fraction of sp³-hybridized carbons (Fsp3) is 0.955. The highest BCUT2D eigenvalue weighted by Gasteiger charge is 2.19. The second-order valence-electron chi connectivity index (χ2n) is 23.8. The van der Waals surface area contributed by atoms with E-state index >= 15 is 0 Å². The van der Waals surface area contributed by atoms with Gasteiger partial charge in [-0.15, -0.1) is 0 Å². The maximum Gasteiger partial charge on any atom is 0.306 e. The van der Waals surface area contributed by atoms with Crippen LogP contribution < -0.4 is 0 Å². The van der Waals surface area contributed by atoms with Crippen molar-refractivity contribution in [3.05, 3.63) is 0 Å². The normalized spacial score (nSPS) is 12.4. The number of ether oxygens (including phenoxy) is 3. The van der Waals surface area contributed by atoms with E-state index in [1.807, 2.05) is 0 Å². The molecule has 0 fully saturated rings. The number of carbonyl (C=O) groups excluding carboxylic acids is 3. The van der Waals surface area contributed by atoms with Crippen molar-refractivity contribution < 1.29 is 28.6 Å². The molecule has 0 saturated carbocycles. The lowest BCUT2D eigenvalue weighted by Gasteiger charge is -2.18. The molecule has 0 radical (unpaired) electrons. The van der Waals surface area contributed by atoms with Crippen molar-refractivity contribution in [2.75, 3.05) is 13.2 Å². The summed E-state index contributed by atoms with van der Waals surface area (Å²) >= 11 is 0. The second-order valence-corrected chi connectivity index (χ2v) is 23.8. The van der Waals surface area contributed by atoms with Crippen molar-refractivity contribution in [3.63, 3.8) is 0 Å². The Morgan fingerprint density at radius 3 is 0.781 bits per heavy atom. The van der Waals surface area contributed by atoms with E-state index in [4.69, 9.17) is 14.2 Å². The van der Waals surface area contributed by atoms with Gasteiger partial charge in [0, 0.05) is 19.3 Å². The van der Waals surface area contributed by atoms with E-state index in [2.05, 4.69) is 34.6 Å². The van der Waals surface area contributed by atoms with Gasteiger partial charge in [0.1, 0.15) is 13.2 Å². The van der Waals surface area contributed by atoms with Gasteiger partial charge in [0.05, 0.1) is 0 Å². The molecule has 0 aliphatic heterocycles. The highest BCUT2D eigenvalue weighted by molar-refractivity contribution is 5.71. The molecule has 73 heavy (non-hydrogen) atoms. The maximum absolute atomic E-state index is 12.9. The topological polar surface area (TPSA) is 78.9 Å². The number of unbranched alkanes of at least 4 members (excludes halogenated alkanes) is 45. The molecule has 0 N–H and O–H groups in total. The molecule has 434 valence electrons. The number of hydrogen-bond donors (Lipinski definition) is 0. The Morgan fingerprint density at radius 1 is 0.288 bits per heavy atom. The molecule has 0 bridgehead atoms. The van der Waals surface area contributed by atoms with Gasteiger partial charge in [-0.05, 0) is 31.1 Å². The number of rotatable bonds is 61. The summed E-state index contributed by atoms with van der Waals surface area (Å²) in [4.78, 5) is 38.4. The highest BCUT2D eigenvalue weighted by Crippen LogP contribution is 2.20. The van der Waals surface area contributed by atoms with Crippen molar-refractivity contribution in [3.8, 4) is 0 Å². The molecule has 0 saturated heterocycles. The summed E-state index contributed by atoms with van der Waals surface area (Å²) in [6, 6.07) is 0. The van der Waals surface area contributed by atoms with Crippen molar-refractivity contribution >= 4 is 17.9 Å². The fourth-order valence-corrected chi connectivity index (χ4v) is 10.4. The van der Waals surface area contributed by atoms with E-state index in [0.29, 0.717) is 19.3 Å². The number of hydrogen-bond acceptors (Lipinski definition) is 6. The first kappa shape index (κ1) is 71.4. The molecule has 6 nitrogen and oxygen atoms in total. The summed E-state index contributed by atoms with van der Waals surface area (Å²) in [5, 5.41) is 0. The Morgan fingerprint density at radius 2 is 0.521 bits per heavy atom. The monoisotopic (exact) mass is 1030 g/mol. The second kappa shape index (κ2) is 59.7. The third kappa shape index (κ3) is 59.5. The van der Waals surface area contributed by atoms with Crippen LogP contribution in [-0.4, -0.2) is 37.2 Å². The SMILES string of the molecule is CCCCCCCCCCCCCCCCCCCC(=O)OC[C@@H](COC(=O)CCCCCCCCCCCCCCCC(C)C)OC(=O)CCCCCCCCCCCCCCCCCCCCC(C)CC. The van der Waals surface area contributed by atoms with Crippen LogP contribution in [0, 0.1) is 11.8 Å². The van der Waals surface area contributed by atoms with Gasteiger partial charge in [0.25, 0.3) is 0 Å². The Hall–Kier alpha value is -1.59. The average molecular weight is 1030 g/mol. The quantitative estimate of drug-likeness (QED) is 0.0343.